The molecule has 2 aromatic rings. The van der Waals surface area contributed by atoms with Crippen molar-refractivity contribution in [3.05, 3.63) is 68.9 Å². The summed E-state index contributed by atoms with van der Waals surface area (Å²) in [6.07, 6.45) is 0. The van der Waals surface area contributed by atoms with Crippen LogP contribution in [-0.4, -0.2) is 6.54 Å². The quantitative estimate of drug-likeness (QED) is 0.822. The molecule has 0 amide bonds. The maximum Gasteiger partial charge on any atom is 0.131 e. The summed E-state index contributed by atoms with van der Waals surface area (Å²) in [5.41, 5.74) is 1.21. The van der Waals surface area contributed by atoms with Gasteiger partial charge in [0, 0.05) is 16.1 Å². The van der Waals surface area contributed by atoms with Crippen LogP contribution in [0.3, 0.4) is 0 Å². The number of hydrogen-bond donors (Lipinski definition) is 1. The fraction of sp³-hybridized carbons (Fsp3) is 0.250. The molecule has 5 heteroatoms. The topological polar surface area (TPSA) is 12.0 Å². The minimum absolute atomic E-state index is 0.294. The Kier molecular flexibility index (Phi) is 5.06. The van der Waals surface area contributed by atoms with E-state index < -0.39 is 23.5 Å². The van der Waals surface area contributed by atoms with Crippen LogP contribution < -0.4 is 5.32 Å². The Labute approximate surface area is 130 Å². The number of hydrogen-bond acceptors (Lipinski definition) is 1. The lowest BCUT2D eigenvalue weighted by molar-refractivity contribution is 0.534. The monoisotopic (exact) mass is 357 g/mol. The largest absolute Gasteiger partial charge is 0.306 e. The molecule has 0 saturated heterocycles. The first-order chi connectivity index (χ1) is 9.93. The molecule has 0 aliphatic carbocycles. The molecule has 1 atom stereocenters. The number of nitrogens with one attached hydrogen (secondary N) is 1. The summed E-state index contributed by atoms with van der Waals surface area (Å²) >= 11 is 3.35. The fourth-order valence-corrected chi connectivity index (χ4v) is 2.70. The Balaban J connectivity index is 2.58. The summed E-state index contributed by atoms with van der Waals surface area (Å²) in [4.78, 5) is 0. The van der Waals surface area contributed by atoms with Gasteiger partial charge in [-0.15, -0.1) is 0 Å². The van der Waals surface area contributed by atoms with Crippen molar-refractivity contribution in [3.8, 4) is 0 Å². The first-order valence-corrected chi connectivity index (χ1v) is 7.37. The van der Waals surface area contributed by atoms with E-state index in [0.717, 1.165) is 6.07 Å². The van der Waals surface area contributed by atoms with Crippen LogP contribution in [0.2, 0.25) is 0 Å². The SMILES string of the molecule is CCNC(c1cc(C)c(F)cc1F)c1cc(F)ccc1Br. The summed E-state index contributed by atoms with van der Waals surface area (Å²) in [5, 5.41) is 3.11. The van der Waals surface area contributed by atoms with Crippen molar-refractivity contribution in [1.29, 1.82) is 0 Å². The van der Waals surface area contributed by atoms with Crippen molar-refractivity contribution in [3.63, 3.8) is 0 Å². The number of rotatable bonds is 4. The smallest absolute Gasteiger partial charge is 0.131 e. The average molecular weight is 358 g/mol. The lowest BCUT2D eigenvalue weighted by Gasteiger charge is -2.21. The van der Waals surface area contributed by atoms with E-state index in [0.29, 0.717) is 27.7 Å². The maximum absolute atomic E-state index is 14.1. The lowest BCUT2D eigenvalue weighted by Crippen LogP contribution is -2.24. The van der Waals surface area contributed by atoms with Crippen molar-refractivity contribution < 1.29 is 13.2 Å². The number of halogens is 4. The fourth-order valence-electron chi connectivity index (χ4n) is 2.23. The Bertz CT molecular complexity index is 658. The maximum atomic E-state index is 14.1. The lowest BCUT2D eigenvalue weighted by atomic mass is 9.96. The number of aryl methyl sites for hydroxylation is 1. The summed E-state index contributed by atoms with van der Waals surface area (Å²) in [5.74, 6) is -1.65. The van der Waals surface area contributed by atoms with Crippen LogP contribution in [0.25, 0.3) is 0 Å². The Morgan fingerprint density at radius 3 is 2.43 bits per heavy atom. The highest BCUT2D eigenvalue weighted by Crippen LogP contribution is 2.31. The summed E-state index contributed by atoms with van der Waals surface area (Å²) in [7, 11) is 0. The van der Waals surface area contributed by atoms with Crippen molar-refractivity contribution >= 4 is 15.9 Å². The predicted molar refractivity (Wildman–Crippen MR) is 80.7 cm³/mol. The molecular formula is C16H15BrF3N. The predicted octanol–water partition coefficient (Wildman–Crippen LogP) is 4.87. The molecule has 0 radical (unpaired) electrons. The third-order valence-electron chi connectivity index (χ3n) is 3.27. The van der Waals surface area contributed by atoms with Gasteiger partial charge < -0.3 is 5.32 Å². The molecule has 2 aromatic carbocycles. The van der Waals surface area contributed by atoms with Gasteiger partial charge in [0.2, 0.25) is 0 Å². The van der Waals surface area contributed by atoms with Crippen LogP contribution in [0, 0.1) is 24.4 Å². The van der Waals surface area contributed by atoms with E-state index in [1.165, 1.54) is 18.2 Å². The van der Waals surface area contributed by atoms with Gasteiger partial charge in [-0.2, -0.15) is 0 Å². The van der Waals surface area contributed by atoms with Crippen molar-refractivity contribution in [2.45, 2.75) is 19.9 Å². The van der Waals surface area contributed by atoms with Crippen LogP contribution in [0.5, 0.6) is 0 Å². The van der Waals surface area contributed by atoms with E-state index in [2.05, 4.69) is 21.2 Å². The van der Waals surface area contributed by atoms with Crippen LogP contribution >= 0.6 is 15.9 Å². The van der Waals surface area contributed by atoms with Gasteiger partial charge in [-0.05, 0) is 48.9 Å². The second kappa shape index (κ2) is 6.62. The molecule has 1 nitrogen and oxygen atoms in total. The first kappa shape index (κ1) is 16.0. The van der Waals surface area contributed by atoms with Gasteiger partial charge in [0.05, 0.1) is 6.04 Å². The zero-order valence-corrected chi connectivity index (χ0v) is 13.3. The third-order valence-corrected chi connectivity index (χ3v) is 3.99. The van der Waals surface area contributed by atoms with E-state index in [9.17, 15) is 13.2 Å². The normalized spacial score (nSPS) is 12.5. The Morgan fingerprint density at radius 2 is 1.76 bits per heavy atom. The van der Waals surface area contributed by atoms with E-state index in [4.69, 9.17) is 0 Å². The van der Waals surface area contributed by atoms with Gasteiger partial charge in [-0.3, -0.25) is 0 Å². The molecule has 0 fully saturated rings. The van der Waals surface area contributed by atoms with Crippen LogP contribution in [0.1, 0.15) is 29.7 Å². The number of benzene rings is 2. The Morgan fingerprint density at radius 1 is 1.05 bits per heavy atom. The van der Waals surface area contributed by atoms with Crippen molar-refractivity contribution in [1.82, 2.24) is 5.32 Å². The summed E-state index contributed by atoms with van der Waals surface area (Å²) < 4.78 is 41.7. The molecule has 0 aliphatic heterocycles. The zero-order chi connectivity index (χ0) is 15.6. The standard InChI is InChI=1S/C16H15BrF3N/c1-3-21-16(11-7-10(18)4-5-13(11)17)12-6-9(2)14(19)8-15(12)20/h4-8,16,21H,3H2,1-2H3. The van der Waals surface area contributed by atoms with Crippen LogP contribution in [-0.2, 0) is 0 Å². The van der Waals surface area contributed by atoms with E-state index in [1.54, 1.807) is 13.0 Å². The highest BCUT2D eigenvalue weighted by molar-refractivity contribution is 9.10. The molecule has 0 aliphatic rings. The van der Waals surface area contributed by atoms with E-state index in [1.807, 2.05) is 6.92 Å². The highest BCUT2D eigenvalue weighted by atomic mass is 79.9. The molecule has 2 rings (SSSR count). The molecule has 112 valence electrons. The summed E-state index contributed by atoms with van der Waals surface area (Å²) in [6, 6.07) is 6.00. The zero-order valence-electron chi connectivity index (χ0n) is 11.7. The minimum atomic E-state index is -0.653. The van der Waals surface area contributed by atoms with Gasteiger partial charge in [0.25, 0.3) is 0 Å². The highest BCUT2D eigenvalue weighted by Gasteiger charge is 2.21. The minimum Gasteiger partial charge on any atom is -0.306 e. The Hall–Kier alpha value is -1.33. The molecule has 0 aromatic heterocycles. The van der Waals surface area contributed by atoms with Gasteiger partial charge in [-0.25, -0.2) is 13.2 Å². The van der Waals surface area contributed by atoms with E-state index in [-0.39, 0.29) is 0 Å². The van der Waals surface area contributed by atoms with Crippen LogP contribution in [0.4, 0.5) is 13.2 Å². The molecular weight excluding hydrogens is 343 g/mol. The van der Waals surface area contributed by atoms with Gasteiger partial charge >= 0.3 is 0 Å². The molecule has 1 N–H and O–H groups in total. The van der Waals surface area contributed by atoms with Gasteiger partial charge in [-0.1, -0.05) is 22.9 Å². The van der Waals surface area contributed by atoms with E-state index >= 15 is 0 Å². The molecule has 21 heavy (non-hydrogen) atoms. The molecule has 0 heterocycles. The van der Waals surface area contributed by atoms with Crippen molar-refractivity contribution in [2.24, 2.45) is 0 Å². The average Bonchev–Trinajstić information content (AvgIpc) is 2.43. The second-order valence-corrected chi connectivity index (χ2v) is 5.63. The van der Waals surface area contributed by atoms with Gasteiger partial charge in [0.1, 0.15) is 17.5 Å². The molecule has 0 bridgehead atoms. The molecule has 1 unspecified atom stereocenters. The molecule has 0 spiro atoms. The van der Waals surface area contributed by atoms with Crippen molar-refractivity contribution in [2.75, 3.05) is 6.54 Å². The van der Waals surface area contributed by atoms with Gasteiger partial charge in [0.15, 0.2) is 0 Å². The van der Waals surface area contributed by atoms with Crippen LogP contribution in [0.15, 0.2) is 34.8 Å². The first-order valence-electron chi connectivity index (χ1n) is 6.58. The third kappa shape index (κ3) is 3.47. The second-order valence-electron chi connectivity index (χ2n) is 4.78. The summed E-state index contributed by atoms with van der Waals surface area (Å²) in [6.45, 7) is 4.00. The molecule has 0 saturated carbocycles.